The molecule has 1 fully saturated rings. The number of hydrogen-bond donors (Lipinski definition) is 1. The highest BCUT2D eigenvalue weighted by Gasteiger charge is 2.36. The predicted octanol–water partition coefficient (Wildman–Crippen LogP) is 4.60. The molecule has 0 spiro atoms. The van der Waals surface area contributed by atoms with Crippen LogP contribution in [-0.2, 0) is 15.8 Å². The molecule has 6 nitrogen and oxygen atoms in total. The minimum Gasteiger partial charge on any atom is -0.493 e. The summed E-state index contributed by atoms with van der Waals surface area (Å²) >= 11 is 11.3. The largest absolute Gasteiger partial charge is 0.493 e. The summed E-state index contributed by atoms with van der Waals surface area (Å²) in [6, 6.07) is 7.00. The Kier molecular flexibility index (Phi) is 6.75. The van der Waals surface area contributed by atoms with Crippen LogP contribution < -0.4 is 19.7 Å². The molecule has 2 amide bonds. The number of hydrogen-bond acceptors (Lipinski definition) is 5. The van der Waals surface area contributed by atoms with Crippen LogP contribution in [0.25, 0.3) is 6.08 Å². The summed E-state index contributed by atoms with van der Waals surface area (Å²) in [5.74, 6) is -1.03. The Morgan fingerprint density at radius 1 is 1.19 bits per heavy atom. The molecule has 0 aromatic heterocycles. The predicted molar refractivity (Wildman–Crippen MR) is 117 cm³/mol. The lowest BCUT2D eigenvalue weighted by Gasteiger charge is -2.29. The number of methoxy groups -OCH3 is 1. The van der Waals surface area contributed by atoms with Crippen LogP contribution in [0.4, 0.5) is 18.9 Å². The molecule has 2 aromatic rings. The number of halogens is 4. The Labute approximate surface area is 191 Å². The van der Waals surface area contributed by atoms with Crippen molar-refractivity contribution in [2.45, 2.75) is 13.1 Å². The van der Waals surface area contributed by atoms with E-state index in [0.717, 1.165) is 23.1 Å². The molecule has 11 heteroatoms. The Morgan fingerprint density at radius 2 is 1.91 bits per heavy atom. The Balaban J connectivity index is 2.05. The summed E-state index contributed by atoms with van der Waals surface area (Å²) in [5, 5.41) is 2.14. The first-order valence-corrected chi connectivity index (χ1v) is 9.94. The number of ether oxygens (including phenoxy) is 2. The van der Waals surface area contributed by atoms with Crippen LogP contribution in [0.15, 0.2) is 42.0 Å². The van der Waals surface area contributed by atoms with E-state index in [2.05, 4.69) is 5.32 Å². The second-order valence-electron chi connectivity index (χ2n) is 6.46. The summed E-state index contributed by atoms with van der Waals surface area (Å²) in [4.78, 5) is 26.4. The van der Waals surface area contributed by atoms with E-state index in [-0.39, 0.29) is 27.0 Å². The van der Waals surface area contributed by atoms with Crippen molar-refractivity contribution in [3.05, 3.63) is 58.1 Å². The Bertz CT molecular complexity index is 1130. The second kappa shape index (κ2) is 9.17. The maximum Gasteiger partial charge on any atom is 0.416 e. The van der Waals surface area contributed by atoms with Gasteiger partial charge in [0.1, 0.15) is 5.57 Å². The SMILES string of the molecule is CCOc1cc(Cl)c(/C=C2\C(=O)NC(=S)N(c3cccc(C(F)(F)F)c3)C2=O)cc1OC. The van der Waals surface area contributed by atoms with Crippen LogP contribution in [-0.4, -0.2) is 30.6 Å². The van der Waals surface area contributed by atoms with Crippen LogP contribution in [0.1, 0.15) is 18.1 Å². The number of rotatable bonds is 5. The number of nitrogens with one attached hydrogen (secondary N) is 1. The van der Waals surface area contributed by atoms with Crippen LogP contribution in [0.3, 0.4) is 0 Å². The zero-order chi connectivity index (χ0) is 23.6. The smallest absolute Gasteiger partial charge is 0.416 e. The highest BCUT2D eigenvalue weighted by molar-refractivity contribution is 7.80. The van der Waals surface area contributed by atoms with Crippen LogP contribution in [0.2, 0.25) is 5.02 Å². The van der Waals surface area contributed by atoms with Gasteiger partial charge in [0, 0.05) is 6.07 Å². The molecule has 0 bridgehead atoms. The Hall–Kier alpha value is -3.11. The normalized spacial score (nSPS) is 15.8. The van der Waals surface area contributed by atoms with Crippen LogP contribution >= 0.6 is 23.8 Å². The van der Waals surface area contributed by atoms with E-state index in [1.54, 1.807) is 6.92 Å². The van der Waals surface area contributed by atoms with Gasteiger partial charge in [-0.2, -0.15) is 13.2 Å². The van der Waals surface area contributed by atoms with Gasteiger partial charge in [0.05, 0.1) is 30.0 Å². The maximum atomic E-state index is 13.1. The average Bonchev–Trinajstić information content (AvgIpc) is 2.72. The number of carbonyl (C=O) groups is 2. The summed E-state index contributed by atoms with van der Waals surface area (Å²) < 4.78 is 50.0. The van der Waals surface area contributed by atoms with Crippen molar-refractivity contribution < 1.29 is 32.2 Å². The summed E-state index contributed by atoms with van der Waals surface area (Å²) in [5.41, 5.74) is -1.21. The summed E-state index contributed by atoms with van der Waals surface area (Å²) in [6.45, 7) is 2.14. The Morgan fingerprint density at radius 3 is 2.53 bits per heavy atom. The van der Waals surface area contributed by atoms with Crippen molar-refractivity contribution >= 4 is 52.5 Å². The number of carbonyl (C=O) groups excluding carboxylic acids is 2. The highest BCUT2D eigenvalue weighted by atomic mass is 35.5. The zero-order valence-electron chi connectivity index (χ0n) is 16.7. The zero-order valence-corrected chi connectivity index (χ0v) is 18.3. The second-order valence-corrected chi connectivity index (χ2v) is 7.26. The fourth-order valence-corrected chi connectivity index (χ4v) is 3.45. The molecule has 1 N–H and O–H groups in total. The number of benzene rings is 2. The third-order valence-corrected chi connectivity index (χ3v) is 5.03. The van der Waals surface area contributed by atoms with E-state index in [0.29, 0.717) is 18.1 Å². The molecule has 1 heterocycles. The van der Waals surface area contributed by atoms with E-state index in [9.17, 15) is 22.8 Å². The maximum absolute atomic E-state index is 13.1. The lowest BCUT2D eigenvalue weighted by molar-refractivity contribution is -0.137. The van der Waals surface area contributed by atoms with Gasteiger partial charge in [-0.15, -0.1) is 0 Å². The summed E-state index contributed by atoms with van der Waals surface area (Å²) in [6.07, 6.45) is -3.41. The number of nitrogens with zero attached hydrogens (tertiary/aromatic N) is 1. The van der Waals surface area contributed by atoms with Gasteiger partial charge in [-0.05, 0) is 55.0 Å². The third-order valence-electron chi connectivity index (χ3n) is 4.42. The fourth-order valence-electron chi connectivity index (χ4n) is 2.96. The first-order valence-electron chi connectivity index (χ1n) is 9.15. The molecule has 1 aliphatic heterocycles. The third kappa shape index (κ3) is 4.71. The minimum absolute atomic E-state index is 0.143. The van der Waals surface area contributed by atoms with E-state index in [1.165, 1.54) is 31.4 Å². The van der Waals surface area contributed by atoms with E-state index in [4.69, 9.17) is 33.3 Å². The van der Waals surface area contributed by atoms with Crippen molar-refractivity contribution in [3.63, 3.8) is 0 Å². The monoisotopic (exact) mass is 484 g/mol. The van der Waals surface area contributed by atoms with E-state index >= 15 is 0 Å². The molecule has 3 rings (SSSR count). The van der Waals surface area contributed by atoms with Gasteiger partial charge < -0.3 is 9.47 Å². The van der Waals surface area contributed by atoms with Crippen LogP contribution in [0.5, 0.6) is 11.5 Å². The molecule has 2 aromatic carbocycles. The molecule has 168 valence electrons. The van der Waals surface area contributed by atoms with Gasteiger partial charge in [-0.3, -0.25) is 19.8 Å². The molecule has 1 aliphatic rings. The van der Waals surface area contributed by atoms with Crippen molar-refractivity contribution in [2.24, 2.45) is 0 Å². The molecule has 0 saturated carbocycles. The summed E-state index contributed by atoms with van der Waals surface area (Å²) in [7, 11) is 1.41. The molecule has 0 radical (unpaired) electrons. The first kappa shape index (κ1) is 23.6. The van der Waals surface area contributed by atoms with Gasteiger partial charge in [0.15, 0.2) is 16.6 Å². The highest BCUT2D eigenvalue weighted by Crippen LogP contribution is 2.36. The van der Waals surface area contributed by atoms with Gasteiger partial charge in [-0.25, -0.2) is 0 Å². The first-order chi connectivity index (χ1) is 15.1. The number of alkyl halides is 3. The van der Waals surface area contributed by atoms with E-state index < -0.39 is 23.6 Å². The van der Waals surface area contributed by atoms with Gasteiger partial charge in [0.2, 0.25) is 0 Å². The molecular weight excluding hydrogens is 469 g/mol. The molecule has 32 heavy (non-hydrogen) atoms. The van der Waals surface area contributed by atoms with Gasteiger partial charge in [0.25, 0.3) is 11.8 Å². The minimum atomic E-state index is -4.62. The van der Waals surface area contributed by atoms with E-state index in [1.807, 2.05) is 0 Å². The number of anilines is 1. The molecule has 0 atom stereocenters. The molecule has 0 unspecified atom stereocenters. The van der Waals surface area contributed by atoms with Gasteiger partial charge in [-0.1, -0.05) is 17.7 Å². The van der Waals surface area contributed by atoms with Crippen molar-refractivity contribution in [2.75, 3.05) is 18.6 Å². The number of thiocarbonyl (C=S) groups is 1. The van der Waals surface area contributed by atoms with Crippen molar-refractivity contribution in [1.29, 1.82) is 0 Å². The lowest BCUT2D eigenvalue weighted by Crippen LogP contribution is -2.54. The van der Waals surface area contributed by atoms with Crippen LogP contribution in [0, 0.1) is 0 Å². The lowest BCUT2D eigenvalue weighted by atomic mass is 10.1. The molecular formula is C21H16ClF3N2O4S. The van der Waals surface area contributed by atoms with Gasteiger partial charge >= 0.3 is 6.18 Å². The average molecular weight is 485 g/mol. The quantitative estimate of drug-likeness (QED) is 0.382. The van der Waals surface area contributed by atoms with Crippen molar-refractivity contribution in [1.82, 2.24) is 5.32 Å². The van der Waals surface area contributed by atoms with Crippen molar-refractivity contribution in [3.8, 4) is 11.5 Å². The number of amides is 2. The topological polar surface area (TPSA) is 67.9 Å². The molecule has 1 saturated heterocycles. The molecule has 0 aliphatic carbocycles. The fraction of sp³-hybridized carbons (Fsp3) is 0.190. The standard InChI is InChI=1S/C21H16ClF3N2O4S/c1-3-31-17-10-15(22)11(8-16(17)30-2)7-14-18(28)26-20(32)27(19(14)29)13-6-4-5-12(9-13)21(23,24)25/h4-10H,3H2,1-2H3,(H,26,28,32)/b14-7+.